The second-order valence-electron chi connectivity index (χ2n) is 2.58. The van der Waals surface area contributed by atoms with Gasteiger partial charge in [-0.3, -0.25) is 0 Å². The number of carbonyl (C=O) groups excluding carboxylic acids is 1. The van der Waals surface area contributed by atoms with Gasteiger partial charge in [0.1, 0.15) is 6.54 Å². The number of nitrogens with one attached hydrogen (secondary N) is 2. The Hall–Kier alpha value is -1.20. The predicted molar refractivity (Wildman–Crippen MR) is 46.9 cm³/mol. The SMILES string of the molecule is C/C=C/CCNC(=O)NCC(F)(F)F. The second-order valence-corrected chi connectivity index (χ2v) is 2.58. The first-order chi connectivity index (χ1) is 6.45. The van der Waals surface area contributed by atoms with Gasteiger partial charge in [-0.1, -0.05) is 12.2 Å². The van der Waals surface area contributed by atoms with Crippen molar-refractivity contribution in [1.82, 2.24) is 10.6 Å². The molecule has 0 heterocycles. The highest BCUT2D eigenvalue weighted by Crippen LogP contribution is 2.11. The average molecular weight is 210 g/mol. The minimum absolute atomic E-state index is 0.327. The summed E-state index contributed by atoms with van der Waals surface area (Å²) in [5.74, 6) is 0. The van der Waals surface area contributed by atoms with Crippen LogP contribution in [0.25, 0.3) is 0 Å². The standard InChI is InChI=1S/C8H13F3N2O/c1-2-3-4-5-12-7(14)13-6-8(9,10)11/h2-3H,4-6H2,1H3,(H2,12,13,14)/b3-2+. The summed E-state index contributed by atoms with van der Waals surface area (Å²) in [5.41, 5.74) is 0. The van der Waals surface area contributed by atoms with Crippen LogP contribution in [0.15, 0.2) is 12.2 Å². The summed E-state index contributed by atoms with van der Waals surface area (Å²) in [6.07, 6.45) is -0.143. The van der Waals surface area contributed by atoms with Gasteiger partial charge in [-0.15, -0.1) is 0 Å². The maximum Gasteiger partial charge on any atom is 0.405 e. The Morgan fingerprint density at radius 1 is 1.36 bits per heavy atom. The summed E-state index contributed by atoms with van der Waals surface area (Å²) in [6.45, 7) is 0.847. The van der Waals surface area contributed by atoms with E-state index < -0.39 is 18.8 Å². The number of halogens is 3. The van der Waals surface area contributed by atoms with Gasteiger partial charge >= 0.3 is 12.2 Å². The highest BCUT2D eigenvalue weighted by molar-refractivity contribution is 5.73. The minimum Gasteiger partial charge on any atom is -0.338 e. The fraction of sp³-hybridized carbons (Fsp3) is 0.625. The smallest absolute Gasteiger partial charge is 0.338 e. The third kappa shape index (κ3) is 8.89. The minimum atomic E-state index is -4.36. The van der Waals surface area contributed by atoms with Crippen LogP contribution in [0.4, 0.5) is 18.0 Å². The fourth-order valence-electron chi connectivity index (χ4n) is 0.679. The number of urea groups is 1. The molecule has 0 unspecified atom stereocenters. The highest BCUT2D eigenvalue weighted by Gasteiger charge is 2.27. The molecular weight excluding hydrogens is 197 g/mol. The molecule has 0 saturated heterocycles. The lowest BCUT2D eigenvalue weighted by Gasteiger charge is -2.08. The molecule has 0 aromatic heterocycles. The van der Waals surface area contributed by atoms with Gasteiger partial charge in [-0.05, 0) is 13.3 Å². The summed E-state index contributed by atoms with van der Waals surface area (Å²) in [5, 5.41) is 3.99. The number of hydrogen-bond donors (Lipinski definition) is 2. The van der Waals surface area contributed by atoms with Crippen molar-refractivity contribution >= 4 is 6.03 Å². The Labute approximate surface area is 80.4 Å². The Kier molecular flexibility index (Phi) is 5.74. The average Bonchev–Trinajstić information content (AvgIpc) is 2.08. The quantitative estimate of drug-likeness (QED) is 0.539. The Bertz CT molecular complexity index is 201. The molecule has 2 amide bonds. The van der Waals surface area contributed by atoms with Gasteiger partial charge in [-0.2, -0.15) is 13.2 Å². The number of alkyl halides is 3. The van der Waals surface area contributed by atoms with Crippen molar-refractivity contribution in [2.75, 3.05) is 13.1 Å². The van der Waals surface area contributed by atoms with Crippen LogP contribution in [-0.2, 0) is 0 Å². The molecular formula is C8H13F3N2O. The number of amides is 2. The number of hydrogen-bond acceptors (Lipinski definition) is 1. The van der Waals surface area contributed by atoms with Crippen LogP contribution in [0.3, 0.4) is 0 Å². The van der Waals surface area contributed by atoms with Crippen molar-refractivity contribution in [3.8, 4) is 0 Å². The van der Waals surface area contributed by atoms with Gasteiger partial charge < -0.3 is 10.6 Å². The van der Waals surface area contributed by atoms with E-state index in [1.807, 2.05) is 13.0 Å². The van der Waals surface area contributed by atoms with E-state index in [-0.39, 0.29) is 0 Å². The zero-order chi connectivity index (χ0) is 11.0. The highest BCUT2D eigenvalue weighted by atomic mass is 19.4. The summed E-state index contributed by atoms with van der Waals surface area (Å²) in [4.78, 5) is 10.7. The fourth-order valence-corrected chi connectivity index (χ4v) is 0.679. The van der Waals surface area contributed by atoms with E-state index in [0.717, 1.165) is 0 Å². The zero-order valence-corrected chi connectivity index (χ0v) is 7.82. The van der Waals surface area contributed by atoms with E-state index in [9.17, 15) is 18.0 Å². The molecule has 14 heavy (non-hydrogen) atoms. The molecule has 0 fully saturated rings. The van der Waals surface area contributed by atoms with Gasteiger partial charge in [-0.25, -0.2) is 4.79 Å². The molecule has 2 N–H and O–H groups in total. The molecule has 0 aliphatic carbocycles. The normalized spacial score (nSPS) is 11.7. The van der Waals surface area contributed by atoms with Crippen molar-refractivity contribution in [3.63, 3.8) is 0 Å². The summed E-state index contributed by atoms with van der Waals surface area (Å²) >= 11 is 0. The van der Waals surface area contributed by atoms with Crippen LogP contribution in [0.1, 0.15) is 13.3 Å². The van der Waals surface area contributed by atoms with Crippen LogP contribution in [0.5, 0.6) is 0 Å². The van der Waals surface area contributed by atoms with Gasteiger partial charge in [0.15, 0.2) is 0 Å². The molecule has 0 spiro atoms. The van der Waals surface area contributed by atoms with Crippen LogP contribution in [0.2, 0.25) is 0 Å². The molecule has 0 saturated carbocycles. The van der Waals surface area contributed by atoms with Crippen LogP contribution in [-0.4, -0.2) is 25.3 Å². The topological polar surface area (TPSA) is 41.1 Å². The van der Waals surface area contributed by atoms with Crippen molar-refractivity contribution in [2.24, 2.45) is 0 Å². The molecule has 0 aliphatic heterocycles. The third-order valence-electron chi connectivity index (χ3n) is 1.28. The first-order valence-electron chi connectivity index (χ1n) is 4.15. The first kappa shape index (κ1) is 12.8. The maximum atomic E-state index is 11.6. The van der Waals surface area contributed by atoms with Gasteiger partial charge in [0.2, 0.25) is 0 Å². The number of allylic oxidation sites excluding steroid dienone is 1. The van der Waals surface area contributed by atoms with Crippen molar-refractivity contribution in [1.29, 1.82) is 0 Å². The predicted octanol–water partition coefficient (Wildman–Crippen LogP) is 1.81. The molecule has 0 aliphatic rings. The monoisotopic (exact) mass is 210 g/mol. The third-order valence-corrected chi connectivity index (χ3v) is 1.28. The van der Waals surface area contributed by atoms with E-state index >= 15 is 0 Å². The van der Waals surface area contributed by atoms with E-state index in [0.29, 0.717) is 13.0 Å². The Balaban J connectivity index is 3.47. The molecule has 0 radical (unpaired) electrons. The molecule has 6 heteroatoms. The largest absolute Gasteiger partial charge is 0.405 e. The van der Waals surface area contributed by atoms with Gasteiger partial charge in [0.05, 0.1) is 0 Å². The van der Waals surface area contributed by atoms with E-state index in [4.69, 9.17) is 0 Å². The van der Waals surface area contributed by atoms with E-state index in [2.05, 4.69) is 5.32 Å². The van der Waals surface area contributed by atoms with Gasteiger partial charge in [0.25, 0.3) is 0 Å². The van der Waals surface area contributed by atoms with Crippen molar-refractivity contribution < 1.29 is 18.0 Å². The molecule has 0 atom stereocenters. The Morgan fingerprint density at radius 2 is 2.00 bits per heavy atom. The number of rotatable bonds is 4. The molecule has 0 bridgehead atoms. The lowest BCUT2D eigenvalue weighted by Crippen LogP contribution is -2.41. The maximum absolute atomic E-state index is 11.6. The zero-order valence-electron chi connectivity index (χ0n) is 7.82. The Morgan fingerprint density at radius 3 is 2.50 bits per heavy atom. The van der Waals surface area contributed by atoms with Crippen molar-refractivity contribution in [2.45, 2.75) is 19.5 Å². The second kappa shape index (κ2) is 6.28. The summed E-state index contributed by atoms with van der Waals surface area (Å²) in [7, 11) is 0. The van der Waals surface area contributed by atoms with E-state index in [1.54, 1.807) is 11.4 Å². The molecule has 0 aromatic rings. The molecule has 0 rings (SSSR count). The van der Waals surface area contributed by atoms with Crippen LogP contribution >= 0.6 is 0 Å². The summed E-state index contributed by atoms with van der Waals surface area (Å²) in [6, 6.07) is -0.799. The molecule has 82 valence electrons. The van der Waals surface area contributed by atoms with Crippen LogP contribution < -0.4 is 10.6 Å². The first-order valence-corrected chi connectivity index (χ1v) is 4.15. The molecule has 0 aromatic carbocycles. The van der Waals surface area contributed by atoms with Crippen molar-refractivity contribution in [3.05, 3.63) is 12.2 Å². The van der Waals surface area contributed by atoms with Crippen LogP contribution in [0, 0.1) is 0 Å². The van der Waals surface area contributed by atoms with E-state index in [1.165, 1.54) is 0 Å². The number of carbonyl (C=O) groups is 1. The lowest BCUT2D eigenvalue weighted by molar-refractivity contribution is -0.122. The summed E-state index contributed by atoms with van der Waals surface area (Å²) < 4.78 is 34.8. The van der Waals surface area contributed by atoms with Gasteiger partial charge in [0, 0.05) is 6.54 Å². The lowest BCUT2D eigenvalue weighted by atomic mass is 10.4. The molecule has 3 nitrogen and oxygen atoms in total.